The summed E-state index contributed by atoms with van der Waals surface area (Å²) in [5, 5.41) is 13.8. The molecule has 0 radical (unpaired) electrons. The van der Waals surface area contributed by atoms with Crippen molar-refractivity contribution in [3.05, 3.63) is 86.4 Å². The van der Waals surface area contributed by atoms with E-state index >= 15 is 0 Å². The highest BCUT2D eigenvalue weighted by atomic mass is 19.2. The Bertz CT molecular complexity index is 1010. The van der Waals surface area contributed by atoms with Crippen LogP contribution in [-0.4, -0.2) is 23.8 Å². The molecule has 152 valence electrons. The zero-order valence-corrected chi connectivity index (χ0v) is 15.3. The van der Waals surface area contributed by atoms with Gasteiger partial charge in [-0.05, 0) is 12.5 Å². The topological polar surface area (TPSA) is 98.5 Å². The van der Waals surface area contributed by atoms with Crippen LogP contribution < -0.4 is 5.32 Å². The van der Waals surface area contributed by atoms with Crippen LogP contribution in [0.25, 0.3) is 0 Å². The number of hydrogen-bond acceptors (Lipinski definition) is 6. The van der Waals surface area contributed by atoms with Crippen LogP contribution in [0.15, 0.2) is 42.1 Å². The molecule has 7 nitrogen and oxygen atoms in total. The first-order valence-corrected chi connectivity index (χ1v) is 8.12. The van der Waals surface area contributed by atoms with Crippen molar-refractivity contribution in [1.82, 2.24) is 5.32 Å². The van der Waals surface area contributed by atoms with Crippen LogP contribution in [0.3, 0.4) is 0 Å². The van der Waals surface area contributed by atoms with Crippen molar-refractivity contribution in [2.45, 2.75) is 13.5 Å². The largest absolute Gasteiger partial charge is 0.465 e. The normalized spacial score (nSPS) is 11.1. The minimum atomic E-state index is -2.00. The number of hydrogen-bond donors (Lipinski definition) is 1. The summed E-state index contributed by atoms with van der Waals surface area (Å²) in [7, 11) is 0.932. The number of carbonyl (C=O) groups is 2. The number of ether oxygens (including phenoxy) is 1. The molecule has 0 aliphatic carbocycles. The van der Waals surface area contributed by atoms with Crippen LogP contribution in [-0.2, 0) is 16.1 Å². The third-order valence-corrected chi connectivity index (χ3v) is 3.97. The molecule has 0 saturated carbocycles. The number of carbonyl (C=O) groups excluding carboxylic acids is 2. The van der Waals surface area contributed by atoms with E-state index in [0.717, 1.165) is 25.8 Å². The lowest BCUT2D eigenvalue weighted by molar-refractivity contribution is -0.388. The summed E-state index contributed by atoms with van der Waals surface area (Å²) in [5.41, 5.74) is -4.06. The summed E-state index contributed by atoms with van der Waals surface area (Å²) < 4.78 is 46.7. The monoisotopic (exact) mass is 408 g/mol. The molecule has 0 aliphatic rings. The van der Waals surface area contributed by atoms with Crippen LogP contribution in [0, 0.1) is 34.5 Å². The lowest BCUT2D eigenvalue weighted by Gasteiger charge is -2.10. The van der Waals surface area contributed by atoms with E-state index in [1.807, 2.05) is 0 Å². The number of benzene rings is 2. The maximum Gasteiger partial charge on any atom is 0.343 e. The maximum atomic E-state index is 14.5. The molecule has 0 heterocycles. The lowest BCUT2D eigenvalue weighted by atomic mass is 9.98. The van der Waals surface area contributed by atoms with Crippen molar-refractivity contribution >= 4 is 17.4 Å². The summed E-state index contributed by atoms with van der Waals surface area (Å²) in [6.45, 7) is 0.958. The Morgan fingerprint density at radius 2 is 1.76 bits per heavy atom. The van der Waals surface area contributed by atoms with Crippen LogP contribution in [0.5, 0.6) is 0 Å². The van der Waals surface area contributed by atoms with Crippen LogP contribution in [0.1, 0.15) is 21.5 Å². The fourth-order valence-electron chi connectivity index (χ4n) is 2.47. The van der Waals surface area contributed by atoms with Gasteiger partial charge in [0, 0.05) is 18.3 Å². The molecule has 0 spiro atoms. The van der Waals surface area contributed by atoms with Crippen molar-refractivity contribution in [2.24, 2.45) is 0 Å². The van der Waals surface area contributed by atoms with Gasteiger partial charge in [0.1, 0.15) is 17.0 Å². The SMILES string of the molecule is COC(=O)C(=CNCc1ccccc1)C(=O)c1c(F)c(C)c(F)c(F)c1[N+](=O)[O-]. The molecule has 0 unspecified atom stereocenters. The summed E-state index contributed by atoms with van der Waals surface area (Å²) in [6.07, 6.45) is 0.876. The molecule has 0 aromatic heterocycles. The van der Waals surface area contributed by atoms with Crippen LogP contribution >= 0.6 is 0 Å². The molecule has 0 bridgehead atoms. The van der Waals surface area contributed by atoms with Gasteiger partial charge >= 0.3 is 11.7 Å². The van der Waals surface area contributed by atoms with Gasteiger partial charge in [0.2, 0.25) is 11.6 Å². The summed E-state index contributed by atoms with van der Waals surface area (Å²) in [6, 6.07) is 8.75. The predicted octanol–water partition coefficient (Wildman–Crippen LogP) is 3.35. The average Bonchev–Trinajstić information content (AvgIpc) is 2.71. The van der Waals surface area contributed by atoms with Gasteiger partial charge in [-0.25, -0.2) is 13.6 Å². The number of nitrogens with zero attached hydrogens (tertiary/aromatic N) is 1. The highest BCUT2D eigenvalue weighted by Gasteiger charge is 2.37. The Balaban J connectivity index is 2.53. The summed E-state index contributed by atoms with van der Waals surface area (Å²) >= 11 is 0. The molecule has 2 rings (SSSR count). The number of nitro groups is 1. The number of esters is 1. The van der Waals surface area contributed by atoms with E-state index in [-0.39, 0.29) is 6.54 Å². The zero-order valence-electron chi connectivity index (χ0n) is 15.3. The molecular weight excluding hydrogens is 393 g/mol. The van der Waals surface area contributed by atoms with E-state index in [0.29, 0.717) is 0 Å². The molecule has 0 aliphatic heterocycles. The van der Waals surface area contributed by atoms with Gasteiger partial charge in [0.15, 0.2) is 5.82 Å². The zero-order chi connectivity index (χ0) is 21.7. The van der Waals surface area contributed by atoms with E-state index < -0.39 is 56.5 Å². The van der Waals surface area contributed by atoms with E-state index in [1.165, 1.54) is 0 Å². The first kappa shape index (κ1) is 21.6. The molecule has 0 fully saturated rings. The Labute approximate surface area is 162 Å². The summed E-state index contributed by atoms with van der Waals surface area (Å²) in [4.78, 5) is 34.4. The Morgan fingerprint density at radius 3 is 2.31 bits per heavy atom. The van der Waals surface area contributed by atoms with E-state index in [4.69, 9.17) is 0 Å². The van der Waals surface area contributed by atoms with Crippen molar-refractivity contribution in [2.75, 3.05) is 7.11 Å². The van der Waals surface area contributed by atoms with E-state index in [2.05, 4.69) is 10.1 Å². The highest BCUT2D eigenvalue weighted by molar-refractivity contribution is 6.25. The molecule has 0 saturated heterocycles. The van der Waals surface area contributed by atoms with Crippen molar-refractivity contribution in [1.29, 1.82) is 0 Å². The smallest absolute Gasteiger partial charge is 0.343 e. The number of rotatable bonds is 7. The van der Waals surface area contributed by atoms with Crippen LogP contribution in [0.2, 0.25) is 0 Å². The Hall–Kier alpha value is -3.69. The van der Waals surface area contributed by atoms with Crippen molar-refractivity contribution in [3.8, 4) is 0 Å². The third-order valence-electron chi connectivity index (χ3n) is 3.97. The van der Waals surface area contributed by atoms with E-state index in [9.17, 15) is 32.9 Å². The Morgan fingerprint density at radius 1 is 1.14 bits per heavy atom. The quantitative estimate of drug-likeness (QED) is 0.110. The minimum Gasteiger partial charge on any atom is -0.465 e. The minimum absolute atomic E-state index is 0.149. The molecule has 2 aromatic carbocycles. The molecule has 2 aromatic rings. The number of nitro benzene ring substituents is 1. The predicted molar refractivity (Wildman–Crippen MR) is 95.4 cm³/mol. The van der Waals surface area contributed by atoms with Crippen molar-refractivity contribution in [3.63, 3.8) is 0 Å². The highest BCUT2D eigenvalue weighted by Crippen LogP contribution is 2.32. The molecule has 1 N–H and O–H groups in total. The van der Waals surface area contributed by atoms with Gasteiger partial charge in [0.25, 0.3) is 0 Å². The van der Waals surface area contributed by atoms with E-state index in [1.54, 1.807) is 30.3 Å². The fraction of sp³-hybridized carbons (Fsp3) is 0.158. The molecule has 29 heavy (non-hydrogen) atoms. The number of methoxy groups -OCH3 is 1. The second-order valence-corrected chi connectivity index (χ2v) is 5.79. The standard InChI is InChI=1S/C19H15F3N2O5/c1-10-14(20)13(17(24(27)28)16(22)15(10)21)18(25)12(19(26)29-2)9-23-8-11-6-4-3-5-7-11/h3-7,9,23H,8H2,1-2H3. The van der Waals surface area contributed by atoms with Gasteiger partial charge in [-0.1, -0.05) is 30.3 Å². The third kappa shape index (κ3) is 4.42. The first-order chi connectivity index (χ1) is 13.7. The number of Topliss-reactive ketones (excluding diaryl/α,β-unsaturated/α-hetero) is 1. The summed E-state index contributed by atoms with van der Waals surface area (Å²) in [5.74, 6) is -8.20. The number of ketones is 1. The molecule has 10 heteroatoms. The second-order valence-electron chi connectivity index (χ2n) is 5.79. The van der Waals surface area contributed by atoms with Gasteiger partial charge in [-0.2, -0.15) is 4.39 Å². The maximum absolute atomic E-state index is 14.5. The first-order valence-electron chi connectivity index (χ1n) is 8.12. The van der Waals surface area contributed by atoms with Crippen molar-refractivity contribution < 1.29 is 32.4 Å². The molecule has 0 atom stereocenters. The van der Waals surface area contributed by atoms with Gasteiger partial charge < -0.3 is 10.1 Å². The molecular formula is C19H15F3N2O5. The fourth-order valence-corrected chi connectivity index (χ4v) is 2.47. The molecule has 0 amide bonds. The van der Waals surface area contributed by atoms with Crippen LogP contribution in [0.4, 0.5) is 18.9 Å². The Kier molecular flexibility index (Phi) is 6.71. The number of nitrogens with one attached hydrogen (secondary N) is 1. The number of halogens is 3. The second kappa shape index (κ2) is 9.00. The van der Waals surface area contributed by atoms with Gasteiger partial charge in [0.05, 0.1) is 12.0 Å². The van der Waals surface area contributed by atoms with Gasteiger partial charge in [-0.3, -0.25) is 14.9 Å². The average molecular weight is 408 g/mol. The lowest BCUT2D eigenvalue weighted by Crippen LogP contribution is -2.22. The van der Waals surface area contributed by atoms with Gasteiger partial charge in [-0.15, -0.1) is 0 Å².